The van der Waals surface area contributed by atoms with Gasteiger partial charge in [-0.25, -0.2) is 0 Å². The highest BCUT2D eigenvalue weighted by atomic mass is 16.4. The number of aryl methyl sites for hydroxylation is 2. The van der Waals surface area contributed by atoms with E-state index in [0.717, 1.165) is 37.1 Å². The third kappa shape index (κ3) is 1.75. The van der Waals surface area contributed by atoms with Crippen LogP contribution < -0.4 is 0 Å². The highest BCUT2D eigenvalue weighted by Gasteiger charge is 2.41. The molecule has 1 aromatic heterocycles. The first kappa shape index (κ1) is 11.2. The Morgan fingerprint density at radius 3 is 2.25 bits per heavy atom. The summed E-state index contributed by atoms with van der Waals surface area (Å²) in [6, 6.07) is 4.11. The van der Waals surface area contributed by atoms with Crippen molar-refractivity contribution in [2.75, 3.05) is 0 Å². The Morgan fingerprint density at radius 2 is 1.81 bits per heavy atom. The largest absolute Gasteiger partial charge is 0.481 e. The van der Waals surface area contributed by atoms with Gasteiger partial charge in [0.05, 0.1) is 5.41 Å². The second-order valence-electron chi connectivity index (χ2n) is 4.99. The Balaban J connectivity index is 2.28. The lowest BCUT2D eigenvalue weighted by atomic mass is 9.86. The summed E-state index contributed by atoms with van der Waals surface area (Å²) in [5.41, 5.74) is 1.80. The van der Waals surface area contributed by atoms with E-state index >= 15 is 0 Å². The van der Waals surface area contributed by atoms with Crippen molar-refractivity contribution in [3.05, 3.63) is 23.5 Å². The summed E-state index contributed by atoms with van der Waals surface area (Å²) in [6.45, 7) is 4.71. The molecule has 0 aromatic carbocycles. The van der Waals surface area contributed by atoms with Gasteiger partial charge in [-0.2, -0.15) is 0 Å². The number of rotatable bonds is 3. The number of aliphatic carboxylic acids is 1. The summed E-state index contributed by atoms with van der Waals surface area (Å²) < 4.78 is 2.14. The van der Waals surface area contributed by atoms with Crippen molar-refractivity contribution in [3.8, 4) is 0 Å². The molecule has 0 radical (unpaired) electrons. The van der Waals surface area contributed by atoms with E-state index in [2.05, 4.69) is 16.7 Å². The zero-order chi connectivity index (χ0) is 11.8. The first-order chi connectivity index (χ1) is 7.55. The van der Waals surface area contributed by atoms with E-state index in [1.165, 1.54) is 0 Å². The van der Waals surface area contributed by atoms with Gasteiger partial charge in [-0.15, -0.1) is 0 Å². The predicted molar refractivity (Wildman–Crippen MR) is 62.4 cm³/mol. The molecule has 1 aromatic rings. The van der Waals surface area contributed by atoms with Crippen LogP contribution in [0.25, 0.3) is 0 Å². The van der Waals surface area contributed by atoms with E-state index in [1.807, 2.05) is 13.8 Å². The molecule has 2 rings (SSSR count). The summed E-state index contributed by atoms with van der Waals surface area (Å²) >= 11 is 0. The fraction of sp³-hybridized carbons (Fsp3) is 0.615. The molecule has 0 spiro atoms. The van der Waals surface area contributed by atoms with Gasteiger partial charge in [0.2, 0.25) is 0 Å². The number of carboxylic acid groups (broad SMARTS) is 1. The van der Waals surface area contributed by atoms with Crippen LogP contribution in [0.2, 0.25) is 0 Å². The second kappa shape index (κ2) is 3.96. The molecule has 1 saturated carbocycles. The normalized spacial score (nSPS) is 18.9. The van der Waals surface area contributed by atoms with Crippen LogP contribution in [-0.2, 0) is 11.3 Å². The Morgan fingerprint density at radius 1 is 1.31 bits per heavy atom. The Labute approximate surface area is 96.1 Å². The number of nitrogens with zero attached hydrogens (tertiary/aromatic N) is 1. The van der Waals surface area contributed by atoms with Crippen LogP contribution in [-0.4, -0.2) is 15.6 Å². The van der Waals surface area contributed by atoms with E-state index in [-0.39, 0.29) is 0 Å². The second-order valence-corrected chi connectivity index (χ2v) is 4.99. The minimum Gasteiger partial charge on any atom is -0.481 e. The molecular weight excluding hydrogens is 202 g/mol. The molecule has 0 saturated heterocycles. The van der Waals surface area contributed by atoms with Crippen molar-refractivity contribution >= 4 is 5.97 Å². The molecule has 0 unspecified atom stereocenters. The molecule has 0 amide bonds. The maximum Gasteiger partial charge on any atom is 0.311 e. The quantitative estimate of drug-likeness (QED) is 0.852. The molecule has 0 atom stereocenters. The van der Waals surface area contributed by atoms with Crippen LogP contribution in [0.3, 0.4) is 0 Å². The Kier molecular flexibility index (Phi) is 2.78. The Bertz CT molecular complexity index is 381. The molecule has 16 heavy (non-hydrogen) atoms. The Hall–Kier alpha value is -1.25. The summed E-state index contributed by atoms with van der Waals surface area (Å²) in [5.74, 6) is -0.627. The van der Waals surface area contributed by atoms with Gasteiger partial charge < -0.3 is 9.67 Å². The van der Waals surface area contributed by atoms with Crippen molar-refractivity contribution in [1.82, 2.24) is 4.57 Å². The monoisotopic (exact) mass is 221 g/mol. The van der Waals surface area contributed by atoms with Gasteiger partial charge in [-0.1, -0.05) is 12.8 Å². The average molecular weight is 221 g/mol. The van der Waals surface area contributed by atoms with Crippen molar-refractivity contribution in [1.29, 1.82) is 0 Å². The van der Waals surface area contributed by atoms with Crippen LogP contribution in [0.1, 0.15) is 37.1 Å². The van der Waals surface area contributed by atoms with Crippen LogP contribution in [0, 0.1) is 19.3 Å². The van der Waals surface area contributed by atoms with Gasteiger partial charge >= 0.3 is 5.97 Å². The molecule has 88 valence electrons. The maximum absolute atomic E-state index is 11.5. The van der Waals surface area contributed by atoms with Gasteiger partial charge in [0.1, 0.15) is 0 Å². The molecule has 3 nitrogen and oxygen atoms in total. The van der Waals surface area contributed by atoms with Gasteiger partial charge in [-0.05, 0) is 38.8 Å². The number of hydrogen-bond donors (Lipinski definition) is 1. The summed E-state index contributed by atoms with van der Waals surface area (Å²) in [4.78, 5) is 11.5. The highest BCUT2D eigenvalue weighted by molar-refractivity contribution is 5.74. The maximum atomic E-state index is 11.5. The van der Waals surface area contributed by atoms with Crippen molar-refractivity contribution in [2.45, 2.75) is 46.1 Å². The molecule has 0 bridgehead atoms. The fourth-order valence-corrected chi connectivity index (χ4v) is 2.74. The lowest BCUT2D eigenvalue weighted by Crippen LogP contribution is -2.33. The predicted octanol–water partition coefficient (Wildman–Crippen LogP) is 2.75. The fourth-order valence-electron chi connectivity index (χ4n) is 2.74. The number of hydrogen-bond acceptors (Lipinski definition) is 1. The number of aromatic nitrogens is 1. The van der Waals surface area contributed by atoms with Crippen molar-refractivity contribution in [3.63, 3.8) is 0 Å². The first-order valence-electron chi connectivity index (χ1n) is 5.91. The van der Waals surface area contributed by atoms with Crippen molar-refractivity contribution in [2.24, 2.45) is 5.41 Å². The minimum atomic E-state index is -0.627. The van der Waals surface area contributed by atoms with Crippen LogP contribution in [0.5, 0.6) is 0 Å². The van der Waals surface area contributed by atoms with E-state index in [4.69, 9.17) is 0 Å². The smallest absolute Gasteiger partial charge is 0.311 e. The highest BCUT2D eigenvalue weighted by Crippen LogP contribution is 2.40. The average Bonchev–Trinajstić information content (AvgIpc) is 2.81. The molecule has 1 N–H and O–H groups in total. The summed E-state index contributed by atoms with van der Waals surface area (Å²) in [7, 11) is 0. The molecule has 1 aliphatic carbocycles. The first-order valence-corrected chi connectivity index (χ1v) is 5.91. The lowest BCUT2D eigenvalue weighted by Gasteiger charge is -2.26. The third-order valence-electron chi connectivity index (χ3n) is 3.89. The molecule has 1 aliphatic rings. The van der Waals surface area contributed by atoms with Crippen LogP contribution in [0.15, 0.2) is 12.1 Å². The standard InChI is InChI=1S/C13H19NO2/c1-10-5-6-11(2)14(10)9-13(12(15)16)7-3-4-8-13/h5-6H,3-4,7-9H2,1-2H3,(H,15,16). The molecular formula is C13H19NO2. The molecule has 3 heteroatoms. The third-order valence-corrected chi connectivity index (χ3v) is 3.89. The SMILES string of the molecule is Cc1ccc(C)n1CC1(C(=O)O)CCCC1. The van der Waals surface area contributed by atoms with Gasteiger partial charge in [-0.3, -0.25) is 4.79 Å². The van der Waals surface area contributed by atoms with Crippen molar-refractivity contribution < 1.29 is 9.90 Å². The number of carbonyl (C=O) groups is 1. The van der Waals surface area contributed by atoms with E-state index in [1.54, 1.807) is 0 Å². The molecule has 1 heterocycles. The summed E-state index contributed by atoms with van der Waals surface area (Å²) in [5, 5.41) is 9.43. The lowest BCUT2D eigenvalue weighted by molar-refractivity contribution is -0.149. The van der Waals surface area contributed by atoms with Gasteiger partial charge in [0, 0.05) is 17.9 Å². The topological polar surface area (TPSA) is 42.2 Å². The molecule has 1 fully saturated rings. The number of carboxylic acids is 1. The minimum absolute atomic E-state index is 0.519. The van der Waals surface area contributed by atoms with E-state index < -0.39 is 11.4 Å². The molecule has 0 aliphatic heterocycles. The zero-order valence-corrected chi connectivity index (χ0v) is 9.99. The van der Waals surface area contributed by atoms with Crippen LogP contribution in [0.4, 0.5) is 0 Å². The van der Waals surface area contributed by atoms with Gasteiger partial charge in [0.25, 0.3) is 0 Å². The van der Waals surface area contributed by atoms with E-state index in [0.29, 0.717) is 6.54 Å². The van der Waals surface area contributed by atoms with Gasteiger partial charge in [0.15, 0.2) is 0 Å². The van der Waals surface area contributed by atoms with E-state index in [9.17, 15) is 9.90 Å². The van der Waals surface area contributed by atoms with Crippen LogP contribution >= 0.6 is 0 Å². The summed E-state index contributed by atoms with van der Waals surface area (Å²) in [6.07, 6.45) is 3.73. The zero-order valence-electron chi connectivity index (χ0n) is 9.99.